The Balaban J connectivity index is 2.52. The highest BCUT2D eigenvalue weighted by atomic mass is 35.5. The number of aromatic nitrogens is 1. The first-order valence-corrected chi connectivity index (χ1v) is 7.94. The van der Waals surface area contributed by atoms with Gasteiger partial charge in [0, 0.05) is 17.2 Å². The molecule has 0 spiro atoms. The maximum Gasteiger partial charge on any atom is 0.309 e. The van der Waals surface area contributed by atoms with E-state index in [4.69, 9.17) is 11.6 Å². The van der Waals surface area contributed by atoms with E-state index in [1.54, 1.807) is 32.0 Å². The van der Waals surface area contributed by atoms with Crippen molar-refractivity contribution in [3.8, 4) is 0 Å². The average Bonchev–Trinajstić information content (AvgIpc) is 2.38. The SMILES string of the molecule is Cc1cc(Cl)ccc1C(C)S(=O)(=O)c1cccc[n+]1[O-]. The highest BCUT2D eigenvalue weighted by Gasteiger charge is 2.32. The van der Waals surface area contributed by atoms with Crippen LogP contribution in [0.4, 0.5) is 0 Å². The molecular formula is C14H14ClNO3S. The van der Waals surface area contributed by atoms with E-state index in [-0.39, 0.29) is 5.03 Å². The van der Waals surface area contributed by atoms with Crippen molar-refractivity contribution in [1.82, 2.24) is 0 Å². The van der Waals surface area contributed by atoms with Crippen LogP contribution in [0.15, 0.2) is 47.6 Å². The van der Waals surface area contributed by atoms with Gasteiger partial charge in [0.25, 0.3) is 0 Å². The number of hydrogen-bond donors (Lipinski definition) is 0. The molecule has 0 amide bonds. The van der Waals surface area contributed by atoms with Gasteiger partial charge in [0.05, 0.1) is 5.25 Å². The Morgan fingerprint density at radius 1 is 1.25 bits per heavy atom. The van der Waals surface area contributed by atoms with Gasteiger partial charge in [-0.3, -0.25) is 0 Å². The molecule has 1 heterocycles. The molecule has 6 heteroatoms. The van der Waals surface area contributed by atoms with Crippen molar-refractivity contribution in [3.63, 3.8) is 0 Å². The van der Waals surface area contributed by atoms with Gasteiger partial charge in [0.1, 0.15) is 0 Å². The van der Waals surface area contributed by atoms with E-state index >= 15 is 0 Å². The largest absolute Gasteiger partial charge is 0.618 e. The summed E-state index contributed by atoms with van der Waals surface area (Å²) in [5.41, 5.74) is 1.42. The first-order chi connectivity index (χ1) is 9.34. The normalized spacial score (nSPS) is 13.2. The Morgan fingerprint density at radius 2 is 1.95 bits per heavy atom. The van der Waals surface area contributed by atoms with Crippen molar-refractivity contribution in [2.75, 3.05) is 0 Å². The fourth-order valence-electron chi connectivity index (χ4n) is 2.08. The molecule has 106 valence electrons. The van der Waals surface area contributed by atoms with Crippen molar-refractivity contribution in [2.24, 2.45) is 0 Å². The lowest BCUT2D eigenvalue weighted by molar-refractivity contribution is -0.646. The van der Waals surface area contributed by atoms with Gasteiger partial charge < -0.3 is 5.21 Å². The van der Waals surface area contributed by atoms with Gasteiger partial charge in [0.2, 0.25) is 9.84 Å². The summed E-state index contributed by atoms with van der Waals surface area (Å²) in [5.74, 6) is 0. The van der Waals surface area contributed by atoms with Crippen LogP contribution >= 0.6 is 11.6 Å². The van der Waals surface area contributed by atoms with Crippen LogP contribution in [0.1, 0.15) is 23.3 Å². The van der Waals surface area contributed by atoms with Crippen LogP contribution in [0.3, 0.4) is 0 Å². The second-order valence-corrected chi connectivity index (χ2v) is 7.20. The van der Waals surface area contributed by atoms with Crippen molar-refractivity contribution in [3.05, 3.63) is 64.0 Å². The van der Waals surface area contributed by atoms with Crippen LogP contribution in [0, 0.1) is 12.1 Å². The summed E-state index contributed by atoms with van der Waals surface area (Å²) in [6.07, 6.45) is 1.17. The van der Waals surface area contributed by atoms with E-state index in [0.717, 1.165) is 5.56 Å². The third-order valence-electron chi connectivity index (χ3n) is 3.22. The molecule has 1 atom stereocenters. The van der Waals surface area contributed by atoms with Gasteiger partial charge in [-0.05, 0) is 43.2 Å². The summed E-state index contributed by atoms with van der Waals surface area (Å²) in [4.78, 5) is 0. The first-order valence-electron chi connectivity index (χ1n) is 6.02. The van der Waals surface area contributed by atoms with Crippen LogP contribution in [0.5, 0.6) is 0 Å². The molecule has 1 unspecified atom stereocenters. The third-order valence-corrected chi connectivity index (χ3v) is 5.53. The van der Waals surface area contributed by atoms with Crippen LogP contribution in [-0.4, -0.2) is 8.42 Å². The minimum absolute atomic E-state index is 0.248. The smallest absolute Gasteiger partial charge is 0.309 e. The fraction of sp³-hybridized carbons (Fsp3) is 0.214. The predicted molar refractivity (Wildman–Crippen MR) is 77.2 cm³/mol. The molecule has 0 bridgehead atoms. The fourth-order valence-corrected chi connectivity index (χ4v) is 3.84. The summed E-state index contributed by atoms with van der Waals surface area (Å²) in [6, 6.07) is 9.36. The summed E-state index contributed by atoms with van der Waals surface area (Å²) in [6.45, 7) is 3.36. The van der Waals surface area contributed by atoms with Gasteiger partial charge in [-0.2, -0.15) is 4.73 Å². The molecular weight excluding hydrogens is 298 g/mol. The van der Waals surface area contributed by atoms with Gasteiger partial charge in [-0.15, -0.1) is 0 Å². The highest BCUT2D eigenvalue weighted by Crippen LogP contribution is 2.30. The molecule has 2 aromatic rings. The van der Waals surface area contributed by atoms with Crippen molar-refractivity contribution < 1.29 is 13.1 Å². The van der Waals surface area contributed by atoms with Gasteiger partial charge in [0.15, 0.2) is 6.20 Å². The number of nitrogens with zero attached hydrogens (tertiary/aromatic N) is 1. The van der Waals surface area contributed by atoms with E-state index < -0.39 is 15.1 Å². The molecule has 0 saturated carbocycles. The summed E-state index contributed by atoms with van der Waals surface area (Å²) in [7, 11) is -3.75. The Hall–Kier alpha value is -1.59. The molecule has 0 aliphatic rings. The molecule has 0 aliphatic heterocycles. The summed E-state index contributed by atoms with van der Waals surface area (Å²) < 4.78 is 25.4. The van der Waals surface area contributed by atoms with Crippen molar-refractivity contribution in [2.45, 2.75) is 24.1 Å². The zero-order valence-electron chi connectivity index (χ0n) is 11.1. The molecule has 1 aromatic heterocycles. The summed E-state index contributed by atoms with van der Waals surface area (Å²) >= 11 is 5.87. The Kier molecular flexibility index (Phi) is 4.01. The Labute approximate surface area is 123 Å². The van der Waals surface area contributed by atoms with E-state index in [9.17, 15) is 13.6 Å². The maximum atomic E-state index is 12.5. The van der Waals surface area contributed by atoms with Crippen LogP contribution in [-0.2, 0) is 9.84 Å². The molecule has 0 aliphatic carbocycles. The molecule has 0 fully saturated rings. The highest BCUT2D eigenvalue weighted by molar-refractivity contribution is 7.91. The Bertz CT molecular complexity index is 744. The van der Waals surface area contributed by atoms with Gasteiger partial charge >= 0.3 is 5.03 Å². The van der Waals surface area contributed by atoms with Crippen molar-refractivity contribution in [1.29, 1.82) is 0 Å². The minimum atomic E-state index is -3.75. The van der Waals surface area contributed by atoms with Gasteiger partial charge in [-0.25, -0.2) is 8.42 Å². The standard InChI is InChI=1S/C14H14ClNO3S/c1-10-9-12(15)6-7-13(10)11(2)20(18,19)14-5-3-4-8-16(14)17/h3-9,11H,1-2H3. The summed E-state index contributed by atoms with van der Waals surface area (Å²) in [5, 5.41) is 11.1. The van der Waals surface area contributed by atoms with E-state index in [2.05, 4.69) is 0 Å². The number of benzene rings is 1. The lowest BCUT2D eigenvalue weighted by atomic mass is 10.1. The molecule has 0 saturated heterocycles. The van der Waals surface area contributed by atoms with Crippen LogP contribution < -0.4 is 4.73 Å². The molecule has 2 rings (SSSR count). The van der Waals surface area contributed by atoms with Crippen molar-refractivity contribution >= 4 is 21.4 Å². The van der Waals surface area contributed by atoms with Gasteiger partial charge in [-0.1, -0.05) is 17.7 Å². The third kappa shape index (κ3) is 2.64. The quantitative estimate of drug-likeness (QED) is 0.647. The average molecular weight is 312 g/mol. The molecule has 20 heavy (non-hydrogen) atoms. The van der Waals surface area contributed by atoms with E-state index in [1.807, 2.05) is 0 Å². The number of sulfone groups is 1. The minimum Gasteiger partial charge on any atom is -0.618 e. The number of halogens is 1. The monoisotopic (exact) mass is 311 g/mol. The van der Waals surface area contributed by atoms with E-state index in [0.29, 0.717) is 15.3 Å². The molecule has 1 aromatic carbocycles. The second kappa shape index (κ2) is 5.42. The molecule has 0 radical (unpaired) electrons. The zero-order valence-corrected chi connectivity index (χ0v) is 12.6. The number of aryl methyl sites for hydroxylation is 1. The number of hydrogen-bond acceptors (Lipinski definition) is 3. The van der Waals surface area contributed by atoms with Crippen LogP contribution in [0.25, 0.3) is 0 Å². The predicted octanol–water partition coefficient (Wildman–Crippen LogP) is 2.82. The number of pyridine rings is 1. The molecule has 4 nitrogen and oxygen atoms in total. The number of rotatable bonds is 3. The Morgan fingerprint density at radius 3 is 2.55 bits per heavy atom. The zero-order chi connectivity index (χ0) is 14.9. The first kappa shape index (κ1) is 14.8. The second-order valence-electron chi connectivity index (χ2n) is 4.55. The topological polar surface area (TPSA) is 61.1 Å². The lowest BCUT2D eigenvalue weighted by Crippen LogP contribution is -2.34. The molecule has 0 N–H and O–H groups in total. The van der Waals surface area contributed by atoms with E-state index in [1.165, 1.54) is 24.4 Å². The lowest BCUT2D eigenvalue weighted by Gasteiger charge is -2.15. The van der Waals surface area contributed by atoms with Crippen LogP contribution in [0.2, 0.25) is 5.02 Å². The maximum absolute atomic E-state index is 12.5.